The predicted octanol–water partition coefficient (Wildman–Crippen LogP) is 4.63. The average Bonchev–Trinajstić information content (AvgIpc) is 2.78. The van der Waals surface area contributed by atoms with Crippen LogP contribution in [0.15, 0.2) is 42.5 Å². The molecule has 1 aromatic heterocycles. The third-order valence-corrected chi connectivity index (χ3v) is 5.57. The van der Waals surface area contributed by atoms with Crippen molar-refractivity contribution in [1.82, 2.24) is 4.98 Å². The van der Waals surface area contributed by atoms with Gasteiger partial charge in [-0.3, -0.25) is 0 Å². The quantitative estimate of drug-likeness (QED) is 0.575. The Bertz CT molecular complexity index is 1220. The van der Waals surface area contributed by atoms with Crippen molar-refractivity contribution in [2.75, 3.05) is 25.1 Å². The molecular formula is C24H23ClF2N4O2. The summed E-state index contributed by atoms with van der Waals surface area (Å²) in [6.07, 6.45) is 1.79. The van der Waals surface area contributed by atoms with Crippen LogP contribution in [0.25, 0.3) is 22.4 Å². The largest absolute Gasteiger partial charge is 0.507 e. The number of benzene rings is 2. The van der Waals surface area contributed by atoms with Crippen LogP contribution in [0, 0.1) is 23.0 Å². The molecule has 1 aliphatic rings. The molecule has 3 N–H and O–H groups in total. The Morgan fingerprint density at radius 3 is 2.52 bits per heavy atom. The van der Waals surface area contributed by atoms with E-state index in [2.05, 4.69) is 0 Å². The third-order valence-electron chi connectivity index (χ3n) is 5.57. The maximum absolute atomic E-state index is 14.4. The first-order chi connectivity index (χ1) is 15.4. The maximum Gasteiger partial charge on any atom is 0.165 e. The van der Waals surface area contributed by atoms with E-state index >= 15 is 0 Å². The molecule has 6 nitrogen and oxygen atoms in total. The van der Waals surface area contributed by atoms with E-state index in [1.807, 2.05) is 4.90 Å². The van der Waals surface area contributed by atoms with Crippen LogP contribution in [0.1, 0.15) is 18.4 Å². The summed E-state index contributed by atoms with van der Waals surface area (Å²) in [6.45, 7) is 1.29. The van der Waals surface area contributed by atoms with Gasteiger partial charge in [0.05, 0.1) is 23.9 Å². The highest BCUT2D eigenvalue weighted by Gasteiger charge is 2.23. The summed E-state index contributed by atoms with van der Waals surface area (Å²) in [6, 6.07) is 11.7. The number of hydrogen-bond donors (Lipinski definition) is 2. The van der Waals surface area contributed by atoms with E-state index in [-0.39, 0.29) is 46.8 Å². The van der Waals surface area contributed by atoms with E-state index in [1.54, 1.807) is 18.2 Å². The molecule has 0 bridgehead atoms. The predicted molar refractivity (Wildman–Crippen MR) is 125 cm³/mol. The monoisotopic (exact) mass is 472 g/mol. The minimum atomic E-state index is -0.705. The number of methoxy groups -OCH3 is 1. The average molecular weight is 473 g/mol. The number of aromatic hydroxyl groups is 1. The second-order valence-corrected chi connectivity index (χ2v) is 7.73. The minimum absolute atomic E-state index is 0. The van der Waals surface area contributed by atoms with E-state index < -0.39 is 11.6 Å². The van der Waals surface area contributed by atoms with Gasteiger partial charge in [-0.1, -0.05) is 12.1 Å². The molecule has 2 aromatic carbocycles. The van der Waals surface area contributed by atoms with Crippen molar-refractivity contribution in [3.63, 3.8) is 0 Å². The minimum Gasteiger partial charge on any atom is -0.507 e. The van der Waals surface area contributed by atoms with E-state index in [1.165, 1.54) is 37.4 Å². The first kappa shape index (κ1) is 24.2. The van der Waals surface area contributed by atoms with Crippen molar-refractivity contribution in [2.45, 2.75) is 18.9 Å². The van der Waals surface area contributed by atoms with Gasteiger partial charge in [0.15, 0.2) is 11.6 Å². The number of aromatic nitrogens is 1. The van der Waals surface area contributed by atoms with Gasteiger partial charge in [0.25, 0.3) is 0 Å². The SMILES string of the molecule is COc1ccc(-c2c(O)cc(N3CCC[C@@H](N)C3)nc2-c2ccc(C#N)c(F)c2)cc1F.Cl. The molecule has 172 valence electrons. The highest BCUT2D eigenvalue weighted by atomic mass is 35.5. The van der Waals surface area contributed by atoms with Crippen LogP contribution in [0.3, 0.4) is 0 Å². The molecule has 0 saturated carbocycles. The number of nitrogens with zero attached hydrogens (tertiary/aromatic N) is 3. The van der Waals surface area contributed by atoms with Gasteiger partial charge in [-0.05, 0) is 42.7 Å². The number of nitrogens with two attached hydrogens (primary N) is 1. The van der Waals surface area contributed by atoms with Gasteiger partial charge >= 0.3 is 0 Å². The van der Waals surface area contributed by atoms with Gasteiger partial charge in [0, 0.05) is 30.8 Å². The summed E-state index contributed by atoms with van der Waals surface area (Å²) in [5.74, 6) is -0.879. The standard InChI is InChI=1S/C24H22F2N4O2.ClH/c1-32-21-7-6-14(9-19(21)26)23-20(31)11-22(30-8-2-3-17(28)13-30)29-24(23)15-4-5-16(12-27)18(25)10-15;/h4-7,9-11,17H,2-3,8,13,28H2,1H3,(H,29,31);1H/t17-;/m1./s1. The molecule has 0 unspecified atom stereocenters. The summed E-state index contributed by atoms with van der Waals surface area (Å²) in [7, 11) is 1.36. The zero-order chi connectivity index (χ0) is 22.8. The highest BCUT2D eigenvalue weighted by Crippen LogP contribution is 2.41. The maximum atomic E-state index is 14.4. The highest BCUT2D eigenvalue weighted by molar-refractivity contribution is 5.87. The molecule has 4 rings (SSSR count). The Morgan fingerprint density at radius 1 is 1.15 bits per heavy atom. The summed E-state index contributed by atoms with van der Waals surface area (Å²) < 4.78 is 33.8. The van der Waals surface area contributed by atoms with Gasteiger partial charge in [-0.2, -0.15) is 5.26 Å². The van der Waals surface area contributed by atoms with Gasteiger partial charge < -0.3 is 20.5 Å². The first-order valence-electron chi connectivity index (χ1n) is 10.2. The van der Waals surface area contributed by atoms with Crippen LogP contribution in [0.4, 0.5) is 14.6 Å². The lowest BCUT2D eigenvalue weighted by Gasteiger charge is -2.32. The second kappa shape index (κ2) is 10.0. The first-order valence-corrected chi connectivity index (χ1v) is 10.2. The Kier molecular flexibility index (Phi) is 7.36. The Labute approximate surface area is 196 Å². The van der Waals surface area contributed by atoms with Crippen molar-refractivity contribution in [1.29, 1.82) is 5.26 Å². The summed E-state index contributed by atoms with van der Waals surface area (Å²) >= 11 is 0. The molecule has 0 radical (unpaired) electrons. The van der Waals surface area contributed by atoms with Crippen LogP contribution in [-0.2, 0) is 0 Å². The molecule has 9 heteroatoms. The molecule has 2 heterocycles. The third kappa shape index (κ3) is 4.85. The molecule has 3 aromatic rings. The fourth-order valence-corrected chi connectivity index (χ4v) is 3.97. The van der Waals surface area contributed by atoms with Crippen LogP contribution in [0.5, 0.6) is 11.5 Å². The number of halogens is 3. The molecular weight excluding hydrogens is 450 g/mol. The van der Waals surface area contributed by atoms with E-state index in [0.29, 0.717) is 23.5 Å². The van der Waals surface area contributed by atoms with Crippen LogP contribution in [-0.4, -0.2) is 36.3 Å². The second-order valence-electron chi connectivity index (χ2n) is 7.73. The molecule has 1 aliphatic heterocycles. The molecule has 0 amide bonds. The normalized spacial score (nSPS) is 15.5. The smallest absolute Gasteiger partial charge is 0.165 e. The summed E-state index contributed by atoms with van der Waals surface area (Å²) in [5.41, 5.74) is 7.23. The van der Waals surface area contributed by atoms with Crippen molar-refractivity contribution in [3.8, 4) is 40.0 Å². The summed E-state index contributed by atoms with van der Waals surface area (Å²) in [5, 5.41) is 20.0. The van der Waals surface area contributed by atoms with Gasteiger partial charge in [-0.25, -0.2) is 13.8 Å². The number of anilines is 1. The van der Waals surface area contributed by atoms with Gasteiger partial charge in [-0.15, -0.1) is 12.4 Å². The zero-order valence-corrected chi connectivity index (χ0v) is 18.7. The molecule has 1 fully saturated rings. The molecule has 33 heavy (non-hydrogen) atoms. The number of piperidine rings is 1. The fourth-order valence-electron chi connectivity index (χ4n) is 3.97. The van der Waals surface area contributed by atoms with Crippen LogP contribution >= 0.6 is 12.4 Å². The number of hydrogen-bond acceptors (Lipinski definition) is 6. The number of pyridine rings is 1. The molecule has 0 spiro atoms. The van der Waals surface area contributed by atoms with Crippen LogP contribution in [0.2, 0.25) is 0 Å². The molecule has 1 atom stereocenters. The Balaban J connectivity index is 0.00000306. The van der Waals surface area contributed by atoms with Crippen molar-refractivity contribution in [2.24, 2.45) is 5.73 Å². The van der Waals surface area contributed by atoms with Crippen molar-refractivity contribution < 1.29 is 18.6 Å². The van der Waals surface area contributed by atoms with Gasteiger partial charge in [0.1, 0.15) is 23.5 Å². The summed E-state index contributed by atoms with van der Waals surface area (Å²) in [4.78, 5) is 6.68. The van der Waals surface area contributed by atoms with E-state index in [9.17, 15) is 13.9 Å². The fraction of sp³-hybridized carbons (Fsp3) is 0.250. The van der Waals surface area contributed by atoms with Crippen molar-refractivity contribution >= 4 is 18.2 Å². The van der Waals surface area contributed by atoms with Crippen LogP contribution < -0.4 is 15.4 Å². The van der Waals surface area contributed by atoms with Crippen molar-refractivity contribution in [3.05, 3.63) is 59.7 Å². The lowest BCUT2D eigenvalue weighted by molar-refractivity contribution is 0.386. The topological polar surface area (TPSA) is 95.4 Å². The van der Waals surface area contributed by atoms with Gasteiger partial charge in [0.2, 0.25) is 0 Å². The lowest BCUT2D eigenvalue weighted by atomic mass is 9.97. The van der Waals surface area contributed by atoms with E-state index in [4.69, 9.17) is 20.7 Å². The number of rotatable bonds is 4. The molecule has 0 aliphatic carbocycles. The lowest BCUT2D eigenvalue weighted by Crippen LogP contribution is -2.43. The molecule has 1 saturated heterocycles. The number of nitriles is 1. The Hall–Kier alpha value is -3.41. The number of ether oxygens (including phenoxy) is 1. The Morgan fingerprint density at radius 2 is 1.88 bits per heavy atom. The zero-order valence-electron chi connectivity index (χ0n) is 17.9. The van der Waals surface area contributed by atoms with E-state index in [0.717, 1.165) is 19.4 Å².